The molecule has 12 heteroatoms. The van der Waals surface area contributed by atoms with Crippen LogP contribution in [0.2, 0.25) is 0 Å². The van der Waals surface area contributed by atoms with E-state index in [0.29, 0.717) is 40.9 Å². The highest BCUT2D eigenvalue weighted by Crippen LogP contribution is 2.29. The number of nitrogens with zero attached hydrogens (tertiary/aromatic N) is 2. The molecule has 2 heterocycles. The molecular formula is C25H22F3N3O6. The van der Waals surface area contributed by atoms with Gasteiger partial charge in [-0.15, -0.1) is 13.2 Å². The van der Waals surface area contributed by atoms with Gasteiger partial charge in [0.2, 0.25) is 17.7 Å². The quantitative estimate of drug-likeness (QED) is 0.337. The molecule has 1 aliphatic rings. The molecule has 0 bridgehead atoms. The number of amides is 2. The Labute approximate surface area is 209 Å². The summed E-state index contributed by atoms with van der Waals surface area (Å²) in [5.74, 6) is -0.164. The van der Waals surface area contributed by atoms with Crippen LogP contribution in [0.15, 0.2) is 53.1 Å². The van der Waals surface area contributed by atoms with Crippen LogP contribution >= 0.6 is 0 Å². The minimum absolute atomic E-state index is 0.0906. The van der Waals surface area contributed by atoms with E-state index in [1.807, 2.05) is 0 Å². The maximum atomic E-state index is 12.3. The zero-order valence-corrected chi connectivity index (χ0v) is 19.6. The van der Waals surface area contributed by atoms with E-state index in [4.69, 9.17) is 9.15 Å². The molecule has 1 unspecified atom stereocenters. The van der Waals surface area contributed by atoms with E-state index < -0.39 is 18.3 Å². The third-order valence-corrected chi connectivity index (χ3v) is 5.72. The number of carbonyl (C=O) groups excluding carboxylic acids is 3. The Hall–Kier alpha value is -4.19. The summed E-state index contributed by atoms with van der Waals surface area (Å²) < 4.78 is 52.4. The van der Waals surface area contributed by atoms with Crippen molar-refractivity contribution < 1.29 is 41.4 Å². The average molecular weight is 517 g/mol. The lowest BCUT2D eigenvalue weighted by molar-refractivity contribution is -0.274. The molecule has 0 radical (unpaired) electrons. The van der Waals surface area contributed by atoms with Crippen LogP contribution < -0.4 is 14.8 Å². The summed E-state index contributed by atoms with van der Waals surface area (Å²) >= 11 is 0. The molecule has 1 N–H and O–H groups in total. The number of nitrogens with one attached hydrogen (secondary N) is 1. The Balaban J connectivity index is 1.44. The number of imide groups is 1. The molecule has 0 aliphatic carbocycles. The van der Waals surface area contributed by atoms with Crippen LogP contribution in [-0.4, -0.2) is 47.4 Å². The van der Waals surface area contributed by atoms with Crippen LogP contribution in [0.3, 0.4) is 0 Å². The molecule has 1 fully saturated rings. The lowest BCUT2D eigenvalue weighted by Crippen LogP contribution is -2.51. The van der Waals surface area contributed by atoms with E-state index in [-0.39, 0.29) is 37.1 Å². The van der Waals surface area contributed by atoms with Gasteiger partial charge in [0.1, 0.15) is 11.5 Å². The normalized spacial score (nSPS) is 16.0. The van der Waals surface area contributed by atoms with Crippen molar-refractivity contribution in [3.05, 3.63) is 65.7 Å². The Morgan fingerprint density at radius 2 is 1.95 bits per heavy atom. The van der Waals surface area contributed by atoms with Crippen molar-refractivity contribution in [3.8, 4) is 22.8 Å². The van der Waals surface area contributed by atoms with Gasteiger partial charge < -0.3 is 13.9 Å². The van der Waals surface area contributed by atoms with Crippen LogP contribution in [0, 0.1) is 0 Å². The molecule has 0 saturated carbocycles. The van der Waals surface area contributed by atoms with Gasteiger partial charge in [-0.1, -0.05) is 12.1 Å². The molecule has 0 spiro atoms. The van der Waals surface area contributed by atoms with Gasteiger partial charge in [0.05, 0.1) is 12.2 Å². The Bertz CT molecular complexity index is 1290. The fraction of sp³-hybridized carbons (Fsp3) is 0.280. The van der Waals surface area contributed by atoms with Crippen molar-refractivity contribution in [2.45, 2.75) is 38.4 Å². The van der Waals surface area contributed by atoms with Gasteiger partial charge in [0.25, 0.3) is 0 Å². The standard InChI is InChI=1S/C25H22F3N3O6/c1-31(19-9-10-22(33)30-24(19)34)12-18-16(13-32)3-2-4-20(18)35-14-23-29-11-21(36-23)15-5-7-17(8-6-15)37-25(26,27)28/h2-8,11,13,19H,9-10,12,14H2,1H3,(H,30,33,34). The Morgan fingerprint density at radius 1 is 1.19 bits per heavy atom. The third-order valence-electron chi connectivity index (χ3n) is 5.72. The van der Waals surface area contributed by atoms with E-state index in [2.05, 4.69) is 15.0 Å². The number of rotatable bonds is 9. The lowest BCUT2D eigenvalue weighted by atomic mass is 10.0. The summed E-state index contributed by atoms with van der Waals surface area (Å²) in [5, 5.41) is 2.32. The maximum Gasteiger partial charge on any atom is 0.573 e. The van der Waals surface area contributed by atoms with Crippen LogP contribution in [0.5, 0.6) is 11.5 Å². The highest BCUT2D eigenvalue weighted by molar-refractivity contribution is 6.00. The summed E-state index contributed by atoms with van der Waals surface area (Å²) in [5.41, 5.74) is 1.42. The SMILES string of the molecule is CN(Cc1c(C=O)cccc1OCc1ncc(-c2ccc(OC(F)(F)F)cc2)o1)C1CCC(=O)NC1=O. The van der Waals surface area contributed by atoms with E-state index in [0.717, 1.165) is 12.1 Å². The molecule has 1 aromatic heterocycles. The van der Waals surface area contributed by atoms with Gasteiger partial charge in [0, 0.05) is 29.7 Å². The van der Waals surface area contributed by atoms with Crippen molar-refractivity contribution in [2.24, 2.45) is 0 Å². The lowest BCUT2D eigenvalue weighted by Gasteiger charge is -2.30. The number of halogens is 3. The van der Waals surface area contributed by atoms with E-state index in [9.17, 15) is 27.6 Å². The summed E-state index contributed by atoms with van der Waals surface area (Å²) in [6, 6.07) is 9.56. The summed E-state index contributed by atoms with van der Waals surface area (Å²) in [4.78, 5) is 41.3. The number of piperidine rings is 1. The second kappa shape index (κ2) is 10.8. The van der Waals surface area contributed by atoms with Gasteiger partial charge >= 0.3 is 6.36 Å². The highest BCUT2D eigenvalue weighted by atomic mass is 19.4. The molecular weight excluding hydrogens is 495 g/mol. The fourth-order valence-electron chi connectivity index (χ4n) is 3.93. The summed E-state index contributed by atoms with van der Waals surface area (Å²) in [7, 11) is 1.72. The molecule has 2 amide bonds. The molecule has 1 saturated heterocycles. The molecule has 1 atom stereocenters. The number of likely N-dealkylation sites (N-methyl/N-ethyl adjacent to an activating group) is 1. The number of hydrogen-bond donors (Lipinski definition) is 1. The number of benzene rings is 2. The number of aromatic nitrogens is 1. The van der Waals surface area contributed by atoms with Gasteiger partial charge in [-0.2, -0.15) is 0 Å². The minimum Gasteiger partial charge on any atom is -0.484 e. The van der Waals surface area contributed by atoms with E-state index in [1.165, 1.54) is 18.3 Å². The molecule has 2 aromatic carbocycles. The van der Waals surface area contributed by atoms with Crippen molar-refractivity contribution in [3.63, 3.8) is 0 Å². The number of oxazole rings is 1. The molecule has 9 nitrogen and oxygen atoms in total. The number of aldehydes is 1. The maximum absolute atomic E-state index is 12.3. The van der Waals surface area contributed by atoms with Crippen LogP contribution in [0.25, 0.3) is 11.3 Å². The number of ether oxygens (including phenoxy) is 2. The van der Waals surface area contributed by atoms with Crippen LogP contribution in [-0.2, 0) is 22.7 Å². The first-order chi connectivity index (χ1) is 17.6. The second-order valence-electron chi connectivity index (χ2n) is 8.30. The first-order valence-electron chi connectivity index (χ1n) is 11.2. The first kappa shape index (κ1) is 25.9. The summed E-state index contributed by atoms with van der Waals surface area (Å²) in [6.45, 7) is 0.117. The zero-order chi connectivity index (χ0) is 26.6. The zero-order valence-electron chi connectivity index (χ0n) is 19.6. The predicted octanol–water partition coefficient (Wildman–Crippen LogP) is 3.87. The Morgan fingerprint density at radius 3 is 2.62 bits per heavy atom. The molecule has 1 aliphatic heterocycles. The molecule has 37 heavy (non-hydrogen) atoms. The third kappa shape index (κ3) is 6.53. The van der Waals surface area contributed by atoms with Crippen molar-refractivity contribution in [1.29, 1.82) is 0 Å². The largest absolute Gasteiger partial charge is 0.573 e. The smallest absolute Gasteiger partial charge is 0.484 e. The van der Waals surface area contributed by atoms with Crippen LogP contribution in [0.4, 0.5) is 13.2 Å². The van der Waals surface area contributed by atoms with Crippen molar-refractivity contribution >= 4 is 18.1 Å². The highest BCUT2D eigenvalue weighted by Gasteiger charge is 2.31. The van der Waals surface area contributed by atoms with Crippen LogP contribution in [0.1, 0.15) is 34.7 Å². The molecule has 194 valence electrons. The predicted molar refractivity (Wildman–Crippen MR) is 122 cm³/mol. The molecule has 4 rings (SSSR count). The first-order valence-corrected chi connectivity index (χ1v) is 11.2. The van der Waals surface area contributed by atoms with E-state index in [1.54, 1.807) is 30.1 Å². The van der Waals surface area contributed by atoms with Crippen molar-refractivity contribution in [1.82, 2.24) is 15.2 Å². The molecule has 3 aromatic rings. The second-order valence-corrected chi connectivity index (χ2v) is 8.30. The fourth-order valence-corrected chi connectivity index (χ4v) is 3.93. The van der Waals surface area contributed by atoms with E-state index >= 15 is 0 Å². The van der Waals surface area contributed by atoms with Crippen molar-refractivity contribution in [2.75, 3.05) is 7.05 Å². The van der Waals surface area contributed by atoms with Gasteiger partial charge in [-0.3, -0.25) is 24.6 Å². The van der Waals surface area contributed by atoms with Gasteiger partial charge in [0.15, 0.2) is 18.7 Å². The monoisotopic (exact) mass is 517 g/mol. The average Bonchev–Trinajstić information content (AvgIpc) is 3.31. The number of carbonyl (C=O) groups is 3. The Kier molecular flexibility index (Phi) is 7.58. The van der Waals surface area contributed by atoms with Gasteiger partial charge in [-0.05, 0) is 43.8 Å². The minimum atomic E-state index is -4.78. The topological polar surface area (TPSA) is 111 Å². The van der Waals surface area contributed by atoms with Gasteiger partial charge in [-0.25, -0.2) is 4.98 Å². The number of hydrogen-bond acceptors (Lipinski definition) is 8. The summed E-state index contributed by atoms with van der Waals surface area (Å²) in [6.07, 6.45) is -2.09. The number of alkyl halides is 3.